The molecule has 0 aromatic carbocycles. The number of thiol groups is 1. The zero-order valence-corrected chi connectivity index (χ0v) is 5.86. The average molecular weight is 129 g/mol. The van der Waals surface area contributed by atoms with Gasteiger partial charge in [0, 0.05) is 10.9 Å². The van der Waals surface area contributed by atoms with Crippen LogP contribution < -0.4 is 5.73 Å². The van der Waals surface area contributed by atoms with Gasteiger partial charge >= 0.3 is 0 Å². The lowest BCUT2D eigenvalue weighted by atomic mass is 10.4. The third-order valence-electron chi connectivity index (χ3n) is 0.589. The van der Waals surface area contributed by atoms with Gasteiger partial charge in [-0.2, -0.15) is 12.6 Å². The van der Waals surface area contributed by atoms with Gasteiger partial charge in [-0.3, -0.25) is 0 Å². The van der Waals surface area contributed by atoms with Gasteiger partial charge in [0.05, 0.1) is 0 Å². The third-order valence-corrected chi connectivity index (χ3v) is 0.761. The summed E-state index contributed by atoms with van der Waals surface area (Å²) in [5.41, 5.74) is 5.80. The zero-order valence-electron chi connectivity index (χ0n) is 4.96. The van der Waals surface area contributed by atoms with E-state index in [1.54, 1.807) is 6.08 Å². The average Bonchev–Trinajstić information content (AvgIpc) is 1.61. The molecule has 0 saturated carbocycles. The van der Waals surface area contributed by atoms with E-state index in [1.807, 2.05) is 13.0 Å². The Morgan fingerprint density at radius 3 is 2.50 bits per heavy atom. The molecule has 46 valence electrons. The first kappa shape index (κ1) is 7.63. The summed E-state index contributed by atoms with van der Waals surface area (Å²) in [6.45, 7) is 5.44. The molecule has 0 aromatic rings. The van der Waals surface area contributed by atoms with Gasteiger partial charge in [-0.25, -0.2) is 0 Å². The minimum Gasteiger partial charge on any atom is -0.399 e. The summed E-state index contributed by atoms with van der Waals surface area (Å²) < 4.78 is 0. The Labute approximate surface area is 55.7 Å². The Hall–Kier alpha value is -0.370. The van der Waals surface area contributed by atoms with Crippen molar-refractivity contribution >= 4 is 12.6 Å². The highest BCUT2D eigenvalue weighted by Crippen LogP contribution is 1.94. The lowest BCUT2D eigenvalue weighted by molar-refractivity contribution is 1.25. The fourth-order valence-electron chi connectivity index (χ4n) is 0.263. The third kappa shape index (κ3) is 5.63. The van der Waals surface area contributed by atoms with E-state index in [-0.39, 0.29) is 5.25 Å². The molecule has 8 heavy (non-hydrogen) atoms. The fraction of sp³-hybridized carbons (Fsp3) is 0.333. The summed E-state index contributed by atoms with van der Waals surface area (Å²) in [7, 11) is 0. The van der Waals surface area contributed by atoms with E-state index in [9.17, 15) is 0 Å². The second-order valence-corrected chi connectivity index (χ2v) is 2.49. The Morgan fingerprint density at radius 1 is 1.88 bits per heavy atom. The second-order valence-electron chi connectivity index (χ2n) is 1.67. The zero-order chi connectivity index (χ0) is 6.57. The minimum absolute atomic E-state index is 0.260. The molecule has 0 aromatic heterocycles. The summed E-state index contributed by atoms with van der Waals surface area (Å²) in [4.78, 5) is 0. The van der Waals surface area contributed by atoms with Crippen LogP contribution in [-0.2, 0) is 0 Å². The molecule has 0 saturated heterocycles. The Balaban J connectivity index is 3.50. The minimum atomic E-state index is 0.260. The first-order valence-corrected chi connectivity index (χ1v) is 2.95. The highest BCUT2D eigenvalue weighted by atomic mass is 32.1. The summed E-state index contributed by atoms with van der Waals surface area (Å²) in [6.07, 6.45) is 3.63. The van der Waals surface area contributed by atoms with Gasteiger partial charge in [-0.1, -0.05) is 12.7 Å². The van der Waals surface area contributed by atoms with Crippen molar-refractivity contribution in [3.8, 4) is 0 Å². The molecule has 0 spiro atoms. The fourth-order valence-corrected chi connectivity index (χ4v) is 0.349. The van der Waals surface area contributed by atoms with Crippen LogP contribution >= 0.6 is 12.6 Å². The van der Waals surface area contributed by atoms with E-state index in [2.05, 4.69) is 19.2 Å². The van der Waals surface area contributed by atoms with Crippen molar-refractivity contribution in [3.63, 3.8) is 0 Å². The van der Waals surface area contributed by atoms with E-state index < -0.39 is 0 Å². The van der Waals surface area contributed by atoms with Crippen molar-refractivity contribution in [2.45, 2.75) is 12.2 Å². The summed E-state index contributed by atoms with van der Waals surface area (Å²) in [5, 5.41) is 0.260. The molecule has 0 radical (unpaired) electrons. The molecule has 0 aliphatic carbocycles. The van der Waals surface area contributed by atoms with Gasteiger partial charge in [0.2, 0.25) is 0 Å². The SMILES string of the molecule is C=C(N)/C=C\C(C)S. The van der Waals surface area contributed by atoms with E-state index >= 15 is 0 Å². The topological polar surface area (TPSA) is 26.0 Å². The van der Waals surface area contributed by atoms with Crippen LogP contribution in [0.25, 0.3) is 0 Å². The van der Waals surface area contributed by atoms with Crippen LogP contribution in [-0.4, -0.2) is 5.25 Å². The Bertz CT molecular complexity index is 105. The van der Waals surface area contributed by atoms with Crippen LogP contribution in [0.2, 0.25) is 0 Å². The predicted octanol–water partition coefficient (Wildman–Crippen LogP) is 1.33. The van der Waals surface area contributed by atoms with E-state index in [1.165, 1.54) is 0 Å². The van der Waals surface area contributed by atoms with Gasteiger partial charge in [-0.15, -0.1) is 0 Å². The molecule has 0 heterocycles. The maximum atomic E-state index is 5.23. The smallest absolute Gasteiger partial charge is 0.0238 e. The molecular formula is C6H11NS. The quantitative estimate of drug-likeness (QED) is 0.427. The first-order valence-electron chi connectivity index (χ1n) is 2.43. The van der Waals surface area contributed by atoms with Gasteiger partial charge in [0.1, 0.15) is 0 Å². The van der Waals surface area contributed by atoms with Crippen molar-refractivity contribution in [2.24, 2.45) is 5.73 Å². The standard InChI is InChI=1S/C6H11NS/c1-5(7)3-4-6(2)8/h3-4,6,8H,1,7H2,2H3/b4-3-. The van der Waals surface area contributed by atoms with Gasteiger partial charge < -0.3 is 5.73 Å². The van der Waals surface area contributed by atoms with Gasteiger partial charge in [0.25, 0.3) is 0 Å². The second kappa shape index (κ2) is 3.61. The predicted molar refractivity (Wildman–Crippen MR) is 40.9 cm³/mol. The molecule has 2 N–H and O–H groups in total. The normalized spacial score (nSPS) is 14.2. The molecule has 0 amide bonds. The van der Waals surface area contributed by atoms with Crippen molar-refractivity contribution in [3.05, 3.63) is 24.4 Å². The van der Waals surface area contributed by atoms with Crippen molar-refractivity contribution in [1.82, 2.24) is 0 Å². The number of allylic oxidation sites excluding steroid dienone is 1. The largest absolute Gasteiger partial charge is 0.399 e. The number of hydrogen-bond acceptors (Lipinski definition) is 2. The summed E-state index contributed by atoms with van der Waals surface area (Å²) in [5.74, 6) is 0. The van der Waals surface area contributed by atoms with Gasteiger partial charge in [-0.05, 0) is 13.0 Å². The Kier molecular flexibility index (Phi) is 3.44. The molecular weight excluding hydrogens is 118 g/mol. The van der Waals surface area contributed by atoms with Crippen LogP contribution in [0.1, 0.15) is 6.92 Å². The number of rotatable bonds is 2. The molecule has 1 nitrogen and oxygen atoms in total. The van der Waals surface area contributed by atoms with Crippen LogP contribution in [0.3, 0.4) is 0 Å². The lowest BCUT2D eigenvalue weighted by Gasteiger charge is -1.90. The highest BCUT2D eigenvalue weighted by Gasteiger charge is 1.81. The molecule has 1 atom stereocenters. The highest BCUT2D eigenvalue weighted by molar-refractivity contribution is 7.81. The van der Waals surface area contributed by atoms with Crippen LogP contribution in [0.4, 0.5) is 0 Å². The molecule has 0 aliphatic rings. The molecule has 1 unspecified atom stereocenters. The summed E-state index contributed by atoms with van der Waals surface area (Å²) in [6, 6.07) is 0. The maximum absolute atomic E-state index is 5.23. The molecule has 0 rings (SSSR count). The van der Waals surface area contributed by atoms with E-state index in [0.29, 0.717) is 5.70 Å². The maximum Gasteiger partial charge on any atom is 0.0238 e. The number of hydrogen-bond donors (Lipinski definition) is 2. The van der Waals surface area contributed by atoms with Crippen LogP contribution in [0.5, 0.6) is 0 Å². The molecule has 0 bridgehead atoms. The lowest BCUT2D eigenvalue weighted by Crippen LogP contribution is -1.90. The Morgan fingerprint density at radius 2 is 2.38 bits per heavy atom. The van der Waals surface area contributed by atoms with Gasteiger partial charge in [0.15, 0.2) is 0 Å². The van der Waals surface area contributed by atoms with Crippen LogP contribution in [0.15, 0.2) is 24.4 Å². The van der Waals surface area contributed by atoms with Crippen molar-refractivity contribution in [2.75, 3.05) is 0 Å². The van der Waals surface area contributed by atoms with Crippen molar-refractivity contribution in [1.29, 1.82) is 0 Å². The monoisotopic (exact) mass is 129 g/mol. The number of nitrogens with two attached hydrogens (primary N) is 1. The summed E-state index contributed by atoms with van der Waals surface area (Å²) >= 11 is 4.09. The molecule has 2 heteroatoms. The molecule has 0 aliphatic heterocycles. The van der Waals surface area contributed by atoms with Crippen LogP contribution in [0, 0.1) is 0 Å². The first-order chi connectivity index (χ1) is 3.63. The molecule has 0 fully saturated rings. The van der Waals surface area contributed by atoms with E-state index in [4.69, 9.17) is 5.73 Å². The van der Waals surface area contributed by atoms with Crippen molar-refractivity contribution < 1.29 is 0 Å². The van der Waals surface area contributed by atoms with E-state index in [0.717, 1.165) is 0 Å².